The van der Waals surface area contributed by atoms with E-state index in [4.69, 9.17) is 10.5 Å². The van der Waals surface area contributed by atoms with E-state index in [0.29, 0.717) is 37.4 Å². The molecule has 1 saturated heterocycles. The average Bonchev–Trinajstić information content (AvgIpc) is 2.69. The molecule has 2 fully saturated rings. The Kier molecular flexibility index (Phi) is 8.13. The monoisotopic (exact) mass is 409 g/mol. The normalized spacial score (nSPS) is 18.9. The van der Waals surface area contributed by atoms with Crippen LogP contribution in [0, 0.1) is 5.41 Å². The zero-order valence-electron chi connectivity index (χ0n) is 16.7. The number of nitrogens with two attached hydrogens (primary N) is 1. The molecule has 2 amide bonds. The third kappa shape index (κ3) is 5.17. The number of carbonyl (C=O) groups excluding carboxylic acids is 2. The van der Waals surface area contributed by atoms with Crippen molar-refractivity contribution in [3.63, 3.8) is 0 Å². The van der Waals surface area contributed by atoms with Crippen LogP contribution < -0.4 is 20.7 Å². The molecule has 3 N–H and O–H groups in total. The minimum absolute atomic E-state index is 0. The first-order valence-corrected chi connectivity index (χ1v) is 10.1. The first-order valence-electron chi connectivity index (χ1n) is 10.1. The second-order valence-corrected chi connectivity index (χ2v) is 7.88. The Labute approximate surface area is 173 Å². The van der Waals surface area contributed by atoms with Crippen molar-refractivity contribution in [2.75, 3.05) is 30.4 Å². The zero-order valence-corrected chi connectivity index (χ0v) is 17.5. The average molecular weight is 410 g/mol. The summed E-state index contributed by atoms with van der Waals surface area (Å²) in [5.74, 6) is 0.740. The van der Waals surface area contributed by atoms with Crippen molar-refractivity contribution in [2.45, 2.75) is 57.8 Å². The largest absolute Gasteiger partial charge is 0.495 e. The van der Waals surface area contributed by atoms with E-state index in [1.165, 1.54) is 6.42 Å². The molecule has 0 atom stereocenters. The van der Waals surface area contributed by atoms with Gasteiger partial charge in [0.25, 0.3) is 0 Å². The van der Waals surface area contributed by atoms with Crippen LogP contribution in [-0.2, 0) is 9.59 Å². The van der Waals surface area contributed by atoms with Gasteiger partial charge < -0.3 is 20.7 Å². The number of benzene rings is 1. The number of methoxy groups -OCH3 is 1. The van der Waals surface area contributed by atoms with Crippen molar-refractivity contribution >= 4 is 35.6 Å². The number of anilines is 2. The Bertz CT molecular complexity index is 689. The Morgan fingerprint density at radius 2 is 1.96 bits per heavy atom. The van der Waals surface area contributed by atoms with Crippen LogP contribution in [-0.4, -0.2) is 32.0 Å². The molecule has 1 aromatic carbocycles. The van der Waals surface area contributed by atoms with Crippen molar-refractivity contribution in [1.82, 2.24) is 0 Å². The number of nitrogens with one attached hydrogen (secondary N) is 1. The highest BCUT2D eigenvalue weighted by atomic mass is 35.5. The van der Waals surface area contributed by atoms with Crippen LogP contribution in [0.2, 0.25) is 0 Å². The number of ether oxygens (including phenoxy) is 1. The number of carbonyl (C=O) groups is 2. The van der Waals surface area contributed by atoms with E-state index in [1.807, 2.05) is 18.2 Å². The van der Waals surface area contributed by atoms with Gasteiger partial charge in [0.1, 0.15) is 5.75 Å². The van der Waals surface area contributed by atoms with Crippen LogP contribution in [0.25, 0.3) is 0 Å². The highest BCUT2D eigenvalue weighted by Gasteiger charge is 2.33. The van der Waals surface area contributed by atoms with E-state index in [0.717, 1.165) is 44.2 Å². The summed E-state index contributed by atoms with van der Waals surface area (Å²) >= 11 is 0. The van der Waals surface area contributed by atoms with E-state index < -0.39 is 0 Å². The van der Waals surface area contributed by atoms with Crippen LogP contribution in [0.3, 0.4) is 0 Å². The molecule has 28 heavy (non-hydrogen) atoms. The maximum absolute atomic E-state index is 12.7. The zero-order chi connectivity index (χ0) is 19.3. The van der Waals surface area contributed by atoms with Crippen LogP contribution in [0.5, 0.6) is 5.75 Å². The molecule has 7 heteroatoms. The lowest BCUT2D eigenvalue weighted by molar-refractivity contribution is -0.120. The Morgan fingerprint density at radius 3 is 2.61 bits per heavy atom. The Morgan fingerprint density at radius 1 is 1.21 bits per heavy atom. The molecule has 1 saturated carbocycles. The summed E-state index contributed by atoms with van der Waals surface area (Å²) in [6, 6.07) is 5.48. The van der Waals surface area contributed by atoms with Gasteiger partial charge in [0, 0.05) is 25.1 Å². The standard InChI is InChI=1S/C21H31N3O3.ClH/c1-27-18-9-8-16(13-17(18)24-12-6-3-7-20(24)26)23-19(25)14-21(15-22)10-4-2-5-11-21;/h8-9,13H,2-7,10-12,14-15,22H2,1H3,(H,23,25);1H. The van der Waals surface area contributed by atoms with Gasteiger partial charge >= 0.3 is 0 Å². The van der Waals surface area contributed by atoms with Crippen LogP contribution in [0.4, 0.5) is 11.4 Å². The molecule has 2 aliphatic rings. The molecule has 156 valence electrons. The summed E-state index contributed by atoms with van der Waals surface area (Å²) in [6.07, 6.45) is 8.48. The lowest BCUT2D eigenvalue weighted by Gasteiger charge is -2.35. The van der Waals surface area contributed by atoms with Gasteiger partial charge in [0.05, 0.1) is 12.8 Å². The van der Waals surface area contributed by atoms with Gasteiger partial charge in [0.2, 0.25) is 11.8 Å². The van der Waals surface area contributed by atoms with Gasteiger partial charge in [0.15, 0.2) is 0 Å². The third-order valence-corrected chi connectivity index (χ3v) is 5.96. The summed E-state index contributed by atoms with van der Waals surface area (Å²) < 4.78 is 5.44. The van der Waals surface area contributed by atoms with E-state index in [1.54, 1.807) is 12.0 Å². The lowest BCUT2D eigenvalue weighted by atomic mass is 9.71. The van der Waals surface area contributed by atoms with Crippen molar-refractivity contribution in [2.24, 2.45) is 11.1 Å². The molecule has 1 aromatic rings. The molecule has 1 heterocycles. The van der Waals surface area contributed by atoms with Crippen molar-refractivity contribution in [3.05, 3.63) is 18.2 Å². The lowest BCUT2D eigenvalue weighted by Crippen LogP contribution is -2.36. The molecule has 0 unspecified atom stereocenters. The smallest absolute Gasteiger partial charge is 0.227 e. The summed E-state index contributed by atoms with van der Waals surface area (Å²) in [5, 5.41) is 3.01. The summed E-state index contributed by atoms with van der Waals surface area (Å²) in [4.78, 5) is 26.7. The highest BCUT2D eigenvalue weighted by Crippen LogP contribution is 2.39. The van der Waals surface area contributed by atoms with Gasteiger partial charge in [-0.1, -0.05) is 19.3 Å². The first kappa shape index (κ1) is 22.5. The Balaban J connectivity index is 0.00000280. The van der Waals surface area contributed by atoms with Crippen molar-refractivity contribution in [1.29, 1.82) is 0 Å². The summed E-state index contributed by atoms with van der Waals surface area (Å²) in [6.45, 7) is 1.24. The van der Waals surface area contributed by atoms with E-state index in [-0.39, 0.29) is 29.6 Å². The molecule has 1 aliphatic heterocycles. The van der Waals surface area contributed by atoms with Crippen LogP contribution >= 0.6 is 12.4 Å². The van der Waals surface area contributed by atoms with E-state index in [2.05, 4.69) is 5.32 Å². The molecule has 0 bridgehead atoms. The number of hydrogen-bond acceptors (Lipinski definition) is 4. The van der Waals surface area contributed by atoms with Gasteiger partial charge in [-0.25, -0.2) is 0 Å². The fourth-order valence-corrected chi connectivity index (χ4v) is 4.34. The van der Waals surface area contributed by atoms with Crippen molar-refractivity contribution < 1.29 is 14.3 Å². The van der Waals surface area contributed by atoms with E-state index in [9.17, 15) is 9.59 Å². The first-order chi connectivity index (χ1) is 13.1. The predicted octanol–water partition coefficient (Wildman–Crippen LogP) is 3.87. The molecule has 6 nitrogen and oxygen atoms in total. The number of halogens is 1. The van der Waals surface area contributed by atoms with Crippen molar-refractivity contribution in [3.8, 4) is 5.75 Å². The molecule has 3 rings (SSSR count). The molecule has 0 radical (unpaired) electrons. The Hall–Kier alpha value is -1.79. The summed E-state index contributed by atoms with van der Waals surface area (Å²) in [5.41, 5.74) is 7.36. The maximum atomic E-state index is 12.7. The highest BCUT2D eigenvalue weighted by molar-refractivity contribution is 5.97. The van der Waals surface area contributed by atoms with E-state index >= 15 is 0 Å². The molecular weight excluding hydrogens is 378 g/mol. The minimum atomic E-state index is -0.0690. The SMILES string of the molecule is COc1ccc(NC(=O)CC2(CN)CCCCC2)cc1N1CCCCC1=O.Cl. The minimum Gasteiger partial charge on any atom is -0.495 e. The topological polar surface area (TPSA) is 84.7 Å². The van der Waals surface area contributed by atoms with Gasteiger partial charge in [-0.3, -0.25) is 9.59 Å². The molecule has 0 spiro atoms. The summed E-state index contributed by atoms with van der Waals surface area (Å²) in [7, 11) is 1.60. The van der Waals surface area contributed by atoms with Crippen LogP contribution in [0.1, 0.15) is 57.8 Å². The van der Waals surface area contributed by atoms with Gasteiger partial charge in [-0.2, -0.15) is 0 Å². The maximum Gasteiger partial charge on any atom is 0.227 e. The number of piperidine rings is 1. The number of nitrogens with zero attached hydrogens (tertiary/aromatic N) is 1. The number of amides is 2. The number of hydrogen-bond donors (Lipinski definition) is 2. The molecule has 0 aromatic heterocycles. The van der Waals surface area contributed by atoms with Gasteiger partial charge in [-0.05, 0) is 55.8 Å². The number of rotatable bonds is 6. The second kappa shape index (κ2) is 10.1. The molecular formula is C21H32ClN3O3. The predicted molar refractivity (Wildman–Crippen MR) is 114 cm³/mol. The molecule has 1 aliphatic carbocycles. The quantitative estimate of drug-likeness (QED) is 0.746. The van der Waals surface area contributed by atoms with Gasteiger partial charge in [-0.15, -0.1) is 12.4 Å². The second-order valence-electron chi connectivity index (χ2n) is 7.88. The fourth-order valence-electron chi connectivity index (χ4n) is 4.34. The third-order valence-electron chi connectivity index (χ3n) is 5.96. The fraction of sp³-hybridized carbons (Fsp3) is 0.619. The van der Waals surface area contributed by atoms with Crippen LogP contribution in [0.15, 0.2) is 18.2 Å².